The van der Waals surface area contributed by atoms with Gasteiger partial charge in [-0.3, -0.25) is 9.59 Å². The fourth-order valence-electron chi connectivity index (χ4n) is 2.79. The highest BCUT2D eigenvalue weighted by atomic mass is 16.3. The van der Waals surface area contributed by atoms with Crippen LogP contribution < -0.4 is 5.32 Å². The molecule has 114 valence electrons. The lowest BCUT2D eigenvalue weighted by atomic mass is 9.84. The molecule has 1 aliphatic rings. The summed E-state index contributed by atoms with van der Waals surface area (Å²) in [5, 5.41) is 13.1. The van der Waals surface area contributed by atoms with Crippen molar-refractivity contribution in [3.63, 3.8) is 0 Å². The molecule has 1 amide bonds. The van der Waals surface area contributed by atoms with Crippen molar-refractivity contribution in [2.45, 2.75) is 57.1 Å². The zero-order valence-corrected chi connectivity index (χ0v) is 12.5. The van der Waals surface area contributed by atoms with Gasteiger partial charge in [-0.05, 0) is 19.8 Å². The van der Waals surface area contributed by atoms with Crippen molar-refractivity contribution in [1.29, 1.82) is 0 Å². The molecule has 4 nitrogen and oxygen atoms in total. The van der Waals surface area contributed by atoms with Gasteiger partial charge in [0.15, 0.2) is 5.78 Å². The maximum atomic E-state index is 12.2. The maximum absolute atomic E-state index is 12.2. The molecule has 4 heteroatoms. The van der Waals surface area contributed by atoms with Gasteiger partial charge in [-0.2, -0.15) is 0 Å². The molecule has 1 aromatic carbocycles. The van der Waals surface area contributed by atoms with Crippen molar-refractivity contribution in [3.8, 4) is 0 Å². The number of amides is 1. The average Bonchev–Trinajstić information content (AvgIpc) is 2.48. The van der Waals surface area contributed by atoms with Gasteiger partial charge >= 0.3 is 0 Å². The molecule has 2 rings (SSSR count). The van der Waals surface area contributed by atoms with E-state index in [1.54, 1.807) is 19.1 Å². The van der Waals surface area contributed by atoms with Gasteiger partial charge < -0.3 is 10.4 Å². The second-order valence-corrected chi connectivity index (χ2v) is 5.96. The Morgan fingerprint density at radius 1 is 1.19 bits per heavy atom. The summed E-state index contributed by atoms with van der Waals surface area (Å²) in [6.07, 6.45) is 4.09. The lowest BCUT2D eigenvalue weighted by Crippen LogP contribution is -2.50. The number of ketones is 1. The Kier molecular flexibility index (Phi) is 5.12. The quantitative estimate of drug-likeness (QED) is 0.818. The standard InChI is InChI=1S/C17H23NO3/c1-13(12-15(19)14-8-4-2-5-9-14)18-16(20)17(21)10-6-3-7-11-17/h2,4-5,8-9,13,21H,3,6-7,10-12H2,1H3,(H,18,20)/t13-/m1/s1. The first-order chi connectivity index (χ1) is 10.0. The number of rotatable bonds is 5. The number of aliphatic hydroxyl groups is 1. The first-order valence-electron chi connectivity index (χ1n) is 7.63. The van der Waals surface area contributed by atoms with E-state index in [0.29, 0.717) is 18.4 Å². The molecule has 0 spiro atoms. The topological polar surface area (TPSA) is 66.4 Å². The highest BCUT2D eigenvalue weighted by Gasteiger charge is 2.37. The first-order valence-corrected chi connectivity index (χ1v) is 7.63. The maximum Gasteiger partial charge on any atom is 0.252 e. The van der Waals surface area contributed by atoms with Crippen LogP contribution in [0.3, 0.4) is 0 Å². The van der Waals surface area contributed by atoms with E-state index < -0.39 is 5.60 Å². The number of hydrogen-bond acceptors (Lipinski definition) is 3. The number of Topliss-reactive ketones (excluding diaryl/α,β-unsaturated/α-hetero) is 1. The second-order valence-electron chi connectivity index (χ2n) is 5.96. The lowest BCUT2D eigenvalue weighted by molar-refractivity contribution is -0.143. The van der Waals surface area contributed by atoms with Crippen LogP contribution in [-0.4, -0.2) is 28.4 Å². The number of hydrogen-bond donors (Lipinski definition) is 2. The van der Waals surface area contributed by atoms with Crippen LogP contribution in [0.5, 0.6) is 0 Å². The molecule has 0 bridgehead atoms. The monoisotopic (exact) mass is 289 g/mol. The fraction of sp³-hybridized carbons (Fsp3) is 0.529. The van der Waals surface area contributed by atoms with Crippen molar-refractivity contribution in [2.24, 2.45) is 0 Å². The highest BCUT2D eigenvalue weighted by molar-refractivity contribution is 5.96. The molecule has 21 heavy (non-hydrogen) atoms. The molecule has 1 fully saturated rings. The zero-order valence-electron chi connectivity index (χ0n) is 12.5. The Balaban J connectivity index is 1.88. The van der Waals surface area contributed by atoms with E-state index in [-0.39, 0.29) is 24.2 Å². The molecule has 0 radical (unpaired) electrons. The minimum Gasteiger partial charge on any atom is -0.380 e. The summed E-state index contributed by atoms with van der Waals surface area (Å²) < 4.78 is 0. The van der Waals surface area contributed by atoms with E-state index in [4.69, 9.17) is 0 Å². The smallest absolute Gasteiger partial charge is 0.252 e. The summed E-state index contributed by atoms with van der Waals surface area (Å²) >= 11 is 0. The van der Waals surface area contributed by atoms with Crippen LogP contribution >= 0.6 is 0 Å². The van der Waals surface area contributed by atoms with Crippen LogP contribution in [0.4, 0.5) is 0 Å². The fourth-order valence-corrected chi connectivity index (χ4v) is 2.79. The van der Waals surface area contributed by atoms with E-state index in [2.05, 4.69) is 5.32 Å². The minimum absolute atomic E-state index is 0.000894. The third-order valence-electron chi connectivity index (χ3n) is 4.07. The van der Waals surface area contributed by atoms with Gasteiger partial charge in [0.2, 0.25) is 0 Å². The normalized spacial score (nSPS) is 18.8. The van der Waals surface area contributed by atoms with Crippen molar-refractivity contribution in [1.82, 2.24) is 5.32 Å². The van der Waals surface area contributed by atoms with Crippen molar-refractivity contribution in [3.05, 3.63) is 35.9 Å². The Morgan fingerprint density at radius 3 is 2.43 bits per heavy atom. The predicted octanol–water partition coefficient (Wildman–Crippen LogP) is 2.46. The Bertz CT molecular complexity index is 492. The molecule has 0 saturated heterocycles. The van der Waals surface area contributed by atoms with Crippen LogP contribution in [0.25, 0.3) is 0 Å². The molecule has 0 heterocycles. The van der Waals surface area contributed by atoms with E-state index in [0.717, 1.165) is 19.3 Å². The third kappa shape index (κ3) is 4.14. The molecule has 1 aromatic rings. The Labute approximate surface area is 125 Å². The summed E-state index contributed by atoms with van der Waals surface area (Å²) in [5.41, 5.74) is -0.600. The van der Waals surface area contributed by atoms with Crippen molar-refractivity contribution >= 4 is 11.7 Å². The molecule has 1 aliphatic carbocycles. The van der Waals surface area contributed by atoms with E-state index in [1.807, 2.05) is 18.2 Å². The zero-order chi connectivity index (χ0) is 15.3. The molecular formula is C17H23NO3. The molecule has 2 N–H and O–H groups in total. The SMILES string of the molecule is C[C@H](CC(=O)c1ccccc1)NC(=O)C1(O)CCCCC1. The van der Waals surface area contributed by atoms with Gasteiger partial charge in [-0.1, -0.05) is 49.6 Å². The first kappa shape index (κ1) is 15.7. The van der Waals surface area contributed by atoms with Gasteiger partial charge in [0, 0.05) is 18.0 Å². The van der Waals surface area contributed by atoms with Gasteiger partial charge in [0.1, 0.15) is 5.60 Å². The van der Waals surface area contributed by atoms with E-state index in [1.165, 1.54) is 0 Å². The molecule has 0 aliphatic heterocycles. The molecule has 0 unspecified atom stereocenters. The number of nitrogens with one attached hydrogen (secondary N) is 1. The molecular weight excluding hydrogens is 266 g/mol. The average molecular weight is 289 g/mol. The summed E-state index contributed by atoms with van der Waals surface area (Å²) in [5.74, 6) is -0.338. The van der Waals surface area contributed by atoms with Crippen LogP contribution in [-0.2, 0) is 4.79 Å². The number of carbonyl (C=O) groups is 2. The number of benzene rings is 1. The van der Waals surface area contributed by atoms with Crippen molar-refractivity contribution in [2.75, 3.05) is 0 Å². The van der Waals surface area contributed by atoms with E-state index >= 15 is 0 Å². The van der Waals surface area contributed by atoms with Gasteiger partial charge in [-0.15, -0.1) is 0 Å². The minimum atomic E-state index is -1.25. The molecule has 0 aromatic heterocycles. The second kappa shape index (κ2) is 6.85. The highest BCUT2D eigenvalue weighted by Crippen LogP contribution is 2.28. The van der Waals surface area contributed by atoms with Crippen LogP contribution in [0.1, 0.15) is 55.8 Å². The third-order valence-corrected chi connectivity index (χ3v) is 4.07. The largest absolute Gasteiger partial charge is 0.380 e. The Hall–Kier alpha value is -1.68. The number of carbonyl (C=O) groups excluding carboxylic acids is 2. The summed E-state index contributed by atoms with van der Waals surface area (Å²) in [7, 11) is 0. The summed E-state index contributed by atoms with van der Waals surface area (Å²) in [6.45, 7) is 1.80. The molecule has 1 saturated carbocycles. The molecule has 1 atom stereocenters. The van der Waals surface area contributed by atoms with Crippen LogP contribution in [0.2, 0.25) is 0 Å². The van der Waals surface area contributed by atoms with E-state index in [9.17, 15) is 14.7 Å². The Morgan fingerprint density at radius 2 is 1.81 bits per heavy atom. The van der Waals surface area contributed by atoms with Gasteiger partial charge in [0.05, 0.1) is 0 Å². The van der Waals surface area contributed by atoms with Crippen LogP contribution in [0, 0.1) is 0 Å². The van der Waals surface area contributed by atoms with Gasteiger partial charge in [-0.25, -0.2) is 0 Å². The lowest BCUT2D eigenvalue weighted by Gasteiger charge is -2.31. The van der Waals surface area contributed by atoms with Gasteiger partial charge in [0.25, 0.3) is 5.91 Å². The predicted molar refractivity (Wildman–Crippen MR) is 81.0 cm³/mol. The van der Waals surface area contributed by atoms with Crippen LogP contribution in [0.15, 0.2) is 30.3 Å². The summed E-state index contributed by atoms with van der Waals surface area (Å²) in [6, 6.07) is 8.76. The summed E-state index contributed by atoms with van der Waals surface area (Å²) in [4.78, 5) is 24.3. The van der Waals surface area contributed by atoms with Crippen molar-refractivity contribution < 1.29 is 14.7 Å².